The average molecular weight is 325 g/mol. The fourth-order valence-corrected chi connectivity index (χ4v) is 2.31. The van der Waals surface area contributed by atoms with Crippen LogP contribution in [0.15, 0.2) is 40.7 Å². The summed E-state index contributed by atoms with van der Waals surface area (Å²) >= 11 is 0. The smallest absolute Gasteiger partial charge is 0.349 e. The van der Waals surface area contributed by atoms with Crippen LogP contribution in [0.5, 0.6) is 0 Å². The Balaban J connectivity index is 2.57. The Bertz CT molecular complexity index is 881. The normalized spacial score (nSPS) is 11.4. The Morgan fingerprint density at radius 2 is 1.92 bits per heavy atom. The van der Waals surface area contributed by atoms with Crippen molar-refractivity contribution in [2.75, 3.05) is 0 Å². The summed E-state index contributed by atoms with van der Waals surface area (Å²) < 4.78 is 8.21. The molecule has 0 unspecified atom stereocenters. The fourth-order valence-electron chi connectivity index (χ4n) is 2.31. The van der Waals surface area contributed by atoms with Crippen LogP contribution >= 0.6 is 0 Å². The number of hydrogen-bond donors (Lipinski definition) is 0. The lowest BCUT2D eigenvalue weighted by Crippen LogP contribution is -2.20. The number of hydrogen-bond acceptors (Lipinski definition) is 4. The van der Waals surface area contributed by atoms with E-state index in [0.29, 0.717) is 16.9 Å². The van der Waals surface area contributed by atoms with E-state index in [9.17, 15) is 14.9 Å². The minimum Gasteiger partial charge on any atom is -0.459 e. The standard InChI is InChI=1S/C18H19N3O3/c1-12(2)24-18(23)14(11-19)10-16-13(3)20(4)21(17(16)22)15-8-6-5-7-9-15/h5-10,12H,1-4H3/b14-10+. The molecule has 0 saturated heterocycles. The van der Waals surface area contributed by atoms with E-state index < -0.39 is 5.97 Å². The monoisotopic (exact) mass is 325 g/mol. The van der Waals surface area contributed by atoms with Crippen molar-refractivity contribution < 1.29 is 9.53 Å². The summed E-state index contributed by atoms with van der Waals surface area (Å²) in [6, 6.07) is 11.0. The Morgan fingerprint density at radius 3 is 2.46 bits per heavy atom. The van der Waals surface area contributed by atoms with Gasteiger partial charge in [0.25, 0.3) is 5.56 Å². The second-order valence-corrected chi connectivity index (χ2v) is 5.60. The molecule has 0 aliphatic rings. The third kappa shape index (κ3) is 3.30. The molecule has 1 aromatic heterocycles. The zero-order valence-corrected chi connectivity index (χ0v) is 14.1. The molecule has 0 radical (unpaired) electrons. The Hall–Kier alpha value is -3.07. The maximum Gasteiger partial charge on any atom is 0.349 e. The van der Waals surface area contributed by atoms with Crippen molar-refractivity contribution in [2.24, 2.45) is 7.05 Å². The molecule has 0 spiro atoms. The van der Waals surface area contributed by atoms with E-state index in [1.807, 2.05) is 36.4 Å². The zero-order chi connectivity index (χ0) is 17.9. The van der Waals surface area contributed by atoms with Crippen LogP contribution in [-0.2, 0) is 16.6 Å². The first-order valence-corrected chi connectivity index (χ1v) is 7.53. The number of carbonyl (C=O) groups excluding carboxylic acids is 1. The Morgan fingerprint density at radius 1 is 1.29 bits per heavy atom. The number of ether oxygens (including phenoxy) is 1. The first kappa shape index (κ1) is 17.3. The number of para-hydroxylation sites is 1. The molecule has 2 rings (SSSR count). The number of aromatic nitrogens is 2. The lowest BCUT2D eigenvalue weighted by molar-refractivity contribution is -0.142. The summed E-state index contributed by atoms with van der Waals surface area (Å²) in [5.41, 5.74) is 1.14. The number of esters is 1. The summed E-state index contributed by atoms with van der Waals surface area (Å²) in [7, 11) is 1.75. The highest BCUT2D eigenvalue weighted by Crippen LogP contribution is 2.14. The Labute approximate surface area is 140 Å². The molecule has 24 heavy (non-hydrogen) atoms. The fraction of sp³-hybridized carbons (Fsp3) is 0.278. The van der Waals surface area contributed by atoms with Gasteiger partial charge in [-0.1, -0.05) is 18.2 Å². The van der Waals surface area contributed by atoms with Crippen molar-refractivity contribution in [1.82, 2.24) is 9.36 Å². The summed E-state index contributed by atoms with van der Waals surface area (Å²) in [6.45, 7) is 5.15. The van der Waals surface area contributed by atoms with Gasteiger partial charge in [0.15, 0.2) is 0 Å². The minimum atomic E-state index is -0.735. The maximum atomic E-state index is 12.7. The van der Waals surface area contributed by atoms with Gasteiger partial charge in [-0.3, -0.25) is 9.48 Å². The predicted octanol–water partition coefficient (Wildman–Crippen LogP) is 2.34. The molecule has 0 amide bonds. The first-order chi connectivity index (χ1) is 11.4. The number of benzene rings is 1. The molecule has 2 aromatic rings. The van der Waals surface area contributed by atoms with Crippen LogP contribution < -0.4 is 5.56 Å². The highest BCUT2D eigenvalue weighted by Gasteiger charge is 2.18. The molecular formula is C18H19N3O3. The van der Waals surface area contributed by atoms with E-state index in [-0.39, 0.29) is 17.2 Å². The Kier molecular flexibility index (Phi) is 5.05. The van der Waals surface area contributed by atoms with Crippen LogP contribution in [0.2, 0.25) is 0 Å². The van der Waals surface area contributed by atoms with Gasteiger partial charge in [-0.2, -0.15) is 5.26 Å². The molecule has 6 heteroatoms. The quantitative estimate of drug-likeness (QED) is 0.491. The van der Waals surface area contributed by atoms with Crippen LogP contribution in [0.25, 0.3) is 11.8 Å². The predicted molar refractivity (Wildman–Crippen MR) is 90.6 cm³/mol. The molecule has 0 saturated carbocycles. The SMILES string of the molecule is Cc1c(/C=C(\C#N)C(=O)OC(C)C)c(=O)n(-c2ccccc2)n1C. The number of rotatable bonds is 4. The highest BCUT2D eigenvalue weighted by atomic mass is 16.5. The van der Waals surface area contributed by atoms with E-state index in [4.69, 9.17) is 4.74 Å². The van der Waals surface area contributed by atoms with Crippen LogP contribution in [0, 0.1) is 18.3 Å². The molecule has 0 aliphatic heterocycles. The summed E-state index contributed by atoms with van der Waals surface area (Å²) in [4.78, 5) is 24.7. The average Bonchev–Trinajstić information content (AvgIpc) is 2.75. The van der Waals surface area contributed by atoms with E-state index in [1.54, 1.807) is 32.5 Å². The van der Waals surface area contributed by atoms with E-state index >= 15 is 0 Å². The first-order valence-electron chi connectivity index (χ1n) is 7.53. The molecule has 0 bridgehead atoms. The van der Waals surface area contributed by atoms with E-state index in [1.165, 1.54) is 10.8 Å². The van der Waals surface area contributed by atoms with E-state index in [0.717, 1.165) is 0 Å². The number of nitrogens with zero attached hydrogens (tertiary/aromatic N) is 3. The van der Waals surface area contributed by atoms with Crippen molar-refractivity contribution in [3.8, 4) is 11.8 Å². The van der Waals surface area contributed by atoms with Crippen molar-refractivity contribution in [1.29, 1.82) is 5.26 Å². The number of carbonyl (C=O) groups is 1. The van der Waals surface area contributed by atoms with Gasteiger partial charge in [-0.05, 0) is 39.0 Å². The van der Waals surface area contributed by atoms with Crippen LogP contribution in [-0.4, -0.2) is 21.4 Å². The van der Waals surface area contributed by atoms with Gasteiger partial charge >= 0.3 is 5.97 Å². The van der Waals surface area contributed by atoms with Crippen LogP contribution in [0.4, 0.5) is 0 Å². The third-order valence-corrected chi connectivity index (χ3v) is 3.57. The van der Waals surface area contributed by atoms with Crippen LogP contribution in [0.3, 0.4) is 0 Å². The second-order valence-electron chi connectivity index (χ2n) is 5.60. The van der Waals surface area contributed by atoms with Gasteiger partial charge in [-0.15, -0.1) is 0 Å². The minimum absolute atomic E-state index is 0.199. The lowest BCUT2D eigenvalue weighted by atomic mass is 10.1. The molecule has 0 fully saturated rings. The molecule has 1 aromatic carbocycles. The van der Waals surface area contributed by atoms with Gasteiger partial charge in [-0.25, -0.2) is 9.48 Å². The molecule has 0 aliphatic carbocycles. The van der Waals surface area contributed by atoms with Gasteiger partial charge in [0.2, 0.25) is 0 Å². The second kappa shape index (κ2) is 7.01. The third-order valence-electron chi connectivity index (χ3n) is 3.57. The number of nitriles is 1. The van der Waals surface area contributed by atoms with Gasteiger partial charge in [0.1, 0.15) is 11.6 Å². The van der Waals surface area contributed by atoms with Crippen molar-refractivity contribution >= 4 is 12.0 Å². The highest BCUT2D eigenvalue weighted by molar-refractivity contribution is 5.98. The van der Waals surface area contributed by atoms with Gasteiger partial charge in [0, 0.05) is 12.7 Å². The zero-order valence-electron chi connectivity index (χ0n) is 14.1. The molecule has 0 N–H and O–H groups in total. The molecule has 1 heterocycles. The lowest BCUT2D eigenvalue weighted by Gasteiger charge is -2.07. The van der Waals surface area contributed by atoms with Gasteiger partial charge < -0.3 is 4.74 Å². The summed E-state index contributed by atoms with van der Waals surface area (Å²) in [6.07, 6.45) is 0.953. The van der Waals surface area contributed by atoms with Crippen LogP contribution in [0.1, 0.15) is 25.1 Å². The van der Waals surface area contributed by atoms with Crippen molar-refractivity contribution in [3.05, 3.63) is 57.5 Å². The van der Waals surface area contributed by atoms with Crippen molar-refractivity contribution in [3.63, 3.8) is 0 Å². The summed E-state index contributed by atoms with van der Waals surface area (Å²) in [5, 5.41) is 9.21. The topological polar surface area (TPSA) is 77.0 Å². The van der Waals surface area contributed by atoms with E-state index in [2.05, 4.69) is 0 Å². The van der Waals surface area contributed by atoms with Gasteiger partial charge in [0.05, 0.1) is 17.4 Å². The molecule has 0 atom stereocenters. The largest absolute Gasteiger partial charge is 0.459 e. The van der Waals surface area contributed by atoms with Crippen molar-refractivity contribution in [2.45, 2.75) is 26.9 Å². The summed E-state index contributed by atoms with van der Waals surface area (Å²) in [5.74, 6) is -0.735. The molecule has 124 valence electrons. The molecule has 6 nitrogen and oxygen atoms in total. The molecular weight excluding hydrogens is 306 g/mol. The maximum absolute atomic E-state index is 12.7.